The first kappa shape index (κ1) is 18.9. The number of fused-ring (bicyclic) bond motifs is 1. The van der Waals surface area contributed by atoms with Crippen molar-refractivity contribution in [1.82, 2.24) is 9.55 Å². The lowest BCUT2D eigenvalue weighted by molar-refractivity contribution is 0.0993. The number of aryl methyl sites for hydroxylation is 2. The molecule has 3 rings (SSSR count). The minimum Gasteiger partial charge on any atom is -0.364 e. The number of rotatable bonds is 3. The molecule has 0 bridgehead atoms. The van der Waals surface area contributed by atoms with Gasteiger partial charge in [0.25, 0.3) is 5.91 Å². The molecule has 0 radical (unpaired) electrons. The zero-order valence-corrected chi connectivity index (χ0v) is 14.6. The third kappa shape index (κ3) is 4.13. The van der Waals surface area contributed by atoms with Crippen LogP contribution in [-0.2, 0) is 7.05 Å². The van der Waals surface area contributed by atoms with E-state index in [1.54, 1.807) is 42.8 Å². The van der Waals surface area contributed by atoms with Gasteiger partial charge in [0.1, 0.15) is 17.2 Å². The maximum absolute atomic E-state index is 12.3. The van der Waals surface area contributed by atoms with Crippen molar-refractivity contribution in [3.05, 3.63) is 71.8 Å². The second-order valence-corrected chi connectivity index (χ2v) is 5.61. The molecule has 0 spiro atoms. The Morgan fingerprint density at radius 2 is 2.00 bits per heavy atom. The summed E-state index contributed by atoms with van der Waals surface area (Å²) < 4.78 is 14.0. The largest absolute Gasteiger partial charge is 0.364 e. The molecule has 0 fully saturated rings. The van der Waals surface area contributed by atoms with E-state index in [1.807, 2.05) is 12.1 Å². The summed E-state index contributed by atoms with van der Waals surface area (Å²) in [7, 11) is 1.74. The van der Waals surface area contributed by atoms with E-state index in [2.05, 4.69) is 16.7 Å². The van der Waals surface area contributed by atoms with Gasteiger partial charge in [0, 0.05) is 18.0 Å². The highest BCUT2D eigenvalue weighted by molar-refractivity contribution is 6.08. The van der Waals surface area contributed by atoms with Gasteiger partial charge in [0.15, 0.2) is 0 Å². The number of hydrazone groups is 1. The third-order valence-corrected chi connectivity index (χ3v) is 3.77. The standard InChI is InChI=1S/C12H13N5O.C7H7F/c1-7(6-15-14)9-4-3-8-5-10(11(13)18)17(2)12(8)16-9;1-6-4-2-3-5-7(6)8/h3-6H,1,14H2,2H3,(H2,13,18);2-5H,1H3/b15-6-;. The van der Waals surface area contributed by atoms with Crippen molar-refractivity contribution in [3.63, 3.8) is 0 Å². The molecule has 0 saturated heterocycles. The van der Waals surface area contributed by atoms with Crippen molar-refractivity contribution in [1.29, 1.82) is 0 Å². The number of nitrogens with two attached hydrogens (primary N) is 2. The molecule has 6 nitrogen and oxygen atoms in total. The minimum absolute atomic E-state index is 0.132. The van der Waals surface area contributed by atoms with Gasteiger partial charge < -0.3 is 16.1 Å². The summed E-state index contributed by atoms with van der Waals surface area (Å²) in [6.45, 7) is 5.55. The van der Waals surface area contributed by atoms with Crippen LogP contribution in [0, 0.1) is 12.7 Å². The number of benzene rings is 1. The van der Waals surface area contributed by atoms with Crippen LogP contribution in [0.1, 0.15) is 21.7 Å². The number of carbonyl (C=O) groups excluding carboxylic acids is 1. The highest BCUT2D eigenvalue weighted by atomic mass is 19.1. The molecule has 0 atom stereocenters. The van der Waals surface area contributed by atoms with Gasteiger partial charge in [-0.25, -0.2) is 9.37 Å². The zero-order valence-electron chi connectivity index (χ0n) is 14.6. The first-order valence-electron chi connectivity index (χ1n) is 7.75. The quantitative estimate of drug-likeness (QED) is 0.430. The Hall–Kier alpha value is -3.48. The number of hydrogen-bond acceptors (Lipinski definition) is 4. The number of allylic oxidation sites excluding steroid dienone is 1. The number of carbonyl (C=O) groups is 1. The van der Waals surface area contributed by atoms with Gasteiger partial charge in [-0.05, 0) is 36.8 Å². The van der Waals surface area contributed by atoms with E-state index in [9.17, 15) is 9.18 Å². The predicted molar refractivity (Wildman–Crippen MR) is 102 cm³/mol. The molecule has 0 saturated carbocycles. The van der Waals surface area contributed by atoms with Gasteiger partial charge in [-0.15, -0.1) is 0 Å². The van der Waals surface area contributed by atoms with E-state index in [-0.39, 0.29) is 5.82 Å². The van der Waals surface area contributed by atoms with Gasteiger partial charge in [0.05, 0.1) is 11.9 Å². The van der Waals surface area contributed by atoms with E-state index in [0.717, 1.165) is 5.39 Å². The molecule has 7 heteroatoms. The monoisotopic (exact) mass is 353 g/mol. The van der Waals surface area contributed by atoms with E-state index < -0.39 is 5.91 Å². The normalized spacial score (nSPS) is 10.6. The first-order valence-corrected chi connectivity index (χ1v) is 7.75. The van der Waals surface area contributed by atoms with Crippen molar-refractivity contribution >= 4 is 28.7 Å². The van der Waals surface area contributed by atoms with Crippen LogP contribution in [0.25, 0.3) is 16.6 Å². The second-order valence-electron chi connectivity index (χ2n) is 5.61. The van der Waals surface area contributed by atoms with Crippen LogP contribution in [0.3, 0.4) is 0 Å². The van der Waals surface area contributed by atoms with Crippen LogP contribution in [-0.4, -0.2) is 21.7 Å². The van der Waals surface area contributed by atoms with E-state index in [0.29, 0.717) is 28.2 Å². The molecule has 0 aliphatic rings. The Labute approximate surface area is 150 Å². The molecular formula is C19H20FN5O. The van der Waals surface area contributed by atoms with E-state index in [4.69, 9.17) is 11.6 Å². The van der Waals surface area contributed by atoms with Gasteiger partial charge in [0.2, 0.25) is 0 Å². The van der Waals surface area contributed by atoms with Gasteiger partial charge in [-0.3, -0.25) is 4.79 Å². The Balaban J connectivity index is 0.000000254. The first-order chi connectivity index (χ1) is 12.3. The molecule has 2 aromatic heterocycles. The Kier molecular flexibility index (Phi) is 5.85. The zero-order chi connectivity index (χ0) is 19.3. The highest BCUT2D eigenvalue weighted by Gasteiger charge is 2.12. The molecule has 134 valence electrons. The summed E-state index contributed by atoms with van der Waals surface area (Å²) in [4.78, 5) is 15.6. The van der Waals surface area contributed by atoms with Crippen LogP contribution < -0.4 is 11.6 Å². The number of aromatic nitrogens is 2. The topological polar surface area (TPSA) is 99.3 Å². The van der Waals surface area contributed by atoms with E-state index in [1.165, 1.54) is 12.3 Å². The smallest absolute Gasteiger partial charge is 0.265 e. The fourth-order valence-electron chi connectivity index (χ4n) is 2.32. The summed E-state index contributed by atoms with van der Waals surface area (Å²) in [5.74, 6) is 4.45. The summed E-state index contributed by atoms with van der Waals surface area (Å²) in [5.41, 5.74) is 8.30. The van der Waals surface area contributed by atoms with Gasteiger partial charge in [-0.1, -0.05) is 24.8 Å². The maximum Gasteiger partial charge on any atom is 0.265 e. The van der Waals surface area contributed by atoms with Crippen molar-refractivity contribution in [2.75, 3.05) is 0 Å². The van der Waals surface area contributed by atoms with Gasteiger partial charge >= 0.3 is 0 Å². The summed E-state index contributed by atoms with van der Waals surface area (Å²) in [6.07, 6.45) is 1.42. The van der Waals surface area contributed by atoms with Gasteiger partial charge in [-0.2, -0.15) is 5.10 Å². The van der Waals surface area contributed by atoms with E-state index >= 15 is 0 Å². The lowest BCUT2D eigenvalue weighted by Crippen LogP contribution is -2.15. The highest BCUT2D eigenvalue weighted by Crippen LogP contribution is 2.19. The van der Waals surface area contributed by atoms with Crippen molar-refractivity contribution in [3.8, 4) is 0 Å². The average molecular weight is 353 g/mol. The second kappa shape index (κ2) is 8.06. The number of halogens is 1. The maximum atomic E-state index is 12.3. The fraction of sp³-hybridized carbons (Fsp3) is 0.105. The molecule has 4 N–H and O–H groups in total. The molecule has 26 heavy (non-hydrogen) atoms. The summed E-state index contributed by atoms with van der Waals surface area (Å²) in [6, 6.07) is 12.0. The number of primary amides is 1. The molecule has 0 aliphatic carbocycles. The van der Waals surface area contributed by atoms with Crippen LogP contribution in [0.4, 0.5) is 4.39 Å². The van der Waals surface area contributed by atoms with Crippen molar-refractivity contribution in [2.45, 2.75) is 6.92 Å². The van der Waals surface area contributed by atoms with Crippen LogP contribution in [0.2, 0.25) is 0 Å². The molecule has 1 aromatic carbocycles. The van der Waals surface area contributed by atoms with Crippen molar-refractivity contribution < 1.29 is 9.18 Å². The summed E-state index contributed by atoms with van der Waals surface area (Å²) >= 11 is 0. The Bertz CT molecular complexity index is 970. The Morgan fingerprint density at radius 3 is 2.54 bits per heavy atom. The number of amides is 1. The van der Waals surface area contributed by atoms with Crippen LogP contribution >= 0.6 is 0 Å². The number of pyridine rings is 1. The SMILES string of the molecule is C=C(/C=N\N)c1ccc2cc(C(N)=O)n(C)c2n1.Cc1ccccc1F. The number of nitrogens with zero attached hydrogens (tertiary/aromatic N) is 3. The third-order valence-electron chi connectivity index (χ3n) is 3.77. The fourth-order valence-corrected chi connectivity index (χ4v) is 2.32. The molecular weight excluding hydrogens is 333 g/mol. The molecule has 2 heterocycles. The van der Waals surface area contributed by atoms with Crippen LogP contribution in [0.5, 0.6) is 0 Å². The molecule has 0 unspecified atom stereocenters. The Morgan fingerprint density at radius 1 is 1.31 bits per heavy atom. The number of hydrogen-bond donors (Lipinski definition) is 2. The van der Waals surface area contributed by atoms with Crippen molar-refractivity contribution in [2.24, 2.45) is 23.7 Å². The summed E-state index contributed by atoms with van der Waals surface area (Å²) in [5, 5.41) is 4.24. The molecule has 1 amide bonds. The average Bonchev–Trinajstić information content (AvgIpc) is 2.95. The lowest BCUT2D eigenvalue weighted by atomic mass is 10.2. The molecule has 0 aliphatic heterocycles. The minimum atomic E-state index is -0.487. The van der Waals surface area contributed by atoms with Crippen LogP contribution in [0.15, 0.2) is 54.1 Å². The molecule has 3 aromatic rings. The lowest BCUT2D eigenvalue weighted by Gasteiger charge is -2.02. The predicted octanol–water partition coefficient (Wildman–Crippen LogP) is 2.76.